The highest BCUT2D eigenvalue weighted by Gasteiger charge is 2.57. The first-order valence-corrected chi connectivity index (χ1v) is 6.16. The summed E-state index contributed by atoms with van der Waals surface area (Å²) in [7, 11) is 0. The summed E-state index contributed by atoms with van der Waals surface area (Å²) in [5.41, 5.74) is 1.20. The Morgan fingerprint density at radius 2 is 2.10 bits per heavy atom. The van der Waals surface area contributed by atoms with Gasteiger partial charge in [0.05, 0.1) is 23.5 Å². The third kappa shape index (κ3) is 2.04. The fourth-order valence-corrected chi connectivity index (χ4v) is 2.25. The van der Waals surface area contributed by atoms with E-state index in [0.717, 1.165) is 5.69 Å². The topological polar surface area (TPSA) is 74.8 Å². The smallest absolute Gasteiger partial charge is 0.362 e. The van der Waals surface area contributed by atoms with Crippen molar-refractivity contribution in [1.29, 1.82) is 0 Å². The number of aromatic nitrogens is 3. The third-order valence-electron chi connectivity index (χ3n) is 3.43. The van der Waals surface area contributed by atoms with Crippen molar-refractivity contribution >= 4 is 11.4 Å². The summed E-state index contributed by atoms with van der Waals surface area (Å²) in [6.07, 6.45) is -4.05. The monoisotopic (exact) mass is 299 g/mol. The van der Waals surface area contributed by atoms with Gasteiger partial charge in [0.15, 0.2) is 5.65 Å². The van der Waals surface area contributed by atoms with Gasteiger partial charge in [0, 0.05) is 17.8 Å². The normalized spacial score (nSPS) is 22.5. The predicted molar refractivity (Wildman–Crippen MR) is 67.8 cm³/mol. The maximum atomic E-state index is 12.8. The van der Waals surface area contributed by atoms with Crippen molar-refractivity contribution in [2.75, 3.05) is 0 Å². The van der Waals surface area contributed by atoms with Crippen molar-refractivity contribution in [3.63, 3.8) is 0 Å². The summed E-state index contributed by atoms with van der Waals surface area (Å²) in [6, 6.07) is 1.76. The van der Waals surface area contributed by atoms with Gasteiger partial charge in [0.1, 0.15) is 0 Å². The van der Waals surface area contributed by atoms with Gasteiger partial charge in [0.2, 0.25) is 0 Å². The summed E-state index contributed by atoms with van der Waals surface area (Å²) in [6.45, 7) is 3.51. The van der Waals surface area contributed by atoms with Gasteiger partial charge in [0.25, 0.3) is 5.72 Å². The first kappa shape index (κ1) is 13.8. The van der Waals surface area contributed by atoms with Gasteiger partial charge in [-0.05, 0) is 13.8 Å². The van der Waals surface area contributed by atoms with Gasteiger partial charge in [-0.1, -0.05) is 0 Å². The average Bonchev–Trinajstić information content (AvgIpc) is 2.93. The number of fused-ring (bicyclic) bond motifs is 1. The molecule has 0 saturated heterocycles. The quantitative estimate of drug-likeness (QED) is 0.832. The molecule has 3 heterocycles. The number of nitrogens with zero attached hydrogens (tertiary/aromatic N) is 4. The summed E-state index contributed by atoms with van der Waals surface area (Å²) in [5, 5.41) is 17.4. The Morgan fingerprint density at radius 3 is 2.71 bits per heavy atom. The lowest BCUT2D eigenvalue weighted by Crippen LogP contribution is -2.52. The molecule has 0 saturated carbocycles. The molecule has 6 nitrogen and oxygen atoms in total. The molecule has 2 aromatic rings. The molecule has 0 radical (unpaired) electrons. The summed E-state index contributed by atoms with van der Waals surface area (Å²) >= 11 is 0. The molecule has 3 rings (SSSR count). The molecule has 0 amide bonds. The SMILES string of the molecule is Cc1cc2ncc(C3=NNC(O)(C(F)(F)F)C3)c(C)n2n1. The van der Waals surface area contributed by atoms with E-state index in [9.17, 15) is 18.3 Å². The van der Waals surface area contributed by atoms with Crippen LogP contribution in [-0.4, -0.2) is 37.3 Å². The predicted octanol–water partition coefficient (Wildman–Crippen LogP) is 1.29. The number of rotatable bonds is 1. The van der Waals surface area contributed by atoms with E-state index in [2.05, 4.69) is 15.2 Å². The van der Waals surface area contributed by atoms with Crippen molar-refractivity contribution in [2.24, 2.45) is 5.10 Å². The number of hydrogen-bond acceptors (Lipinski definition) is 5. The maximum Gasteiger partial charge on any atom is 0.438 e. The number of hydrazone groups is 1. The summed E-state index contributed by atoms with van der Waals surface area (Å²) in [4.78, 5) is 4.15. The van der Waals surface area contributed by atoms with E-state index in [1.165, 1.54) is 10.7 Å². The van der Waals surface area contributed by atoms with Gasteiger partial charge in [-0.15, -0.1) is 0 Å². The molecule has 1 atom stereocenters. The second kappa shape index (κ2) is 4.17. The standard InChI is InChI=1S/C12H12F3N5O/c1-6-3-10-16-5-8(7(2)20(10)18-6)9-4-11(21,19-17-9)12(13,14)15/h3,5,19,21H,4H2,1-2H3. The number of aryl methyl sites for hydroxylation is 2. The number of halogens is 3. The van der Waals surface area contributed by atoms with Crippen LogP contribution in [0.25, 0.3) is 5.65 Å². The summed E-state index contributed by atoms with van der Waals surface area (Å²) < 4.78 is 39.9. The molecule has 21 heavy (non-hydrogen) atoms. The Hall–Kier alpha value is -2.16. The molecule has 0 spiro atoms. The van der Waals surface area contributed by atoms with Crippen molar-refractivity contribution in [1.82, 2.24) is 20.0 Å². The van der Waals surface area contributed by atoms with E-state index in [1.807, 2.05) is 0 Å². The lowest BCUT2D eigenvalue weighted by Gasteiger charge is -2.24. The first-order chi connectivity index (χ1) is 9.71. The van der Waals surface area contributed by atoms with Crippen LogP contribution in [-0.2, 0) is 0 Å². The Balaban J connectivity index is 2.01. The van der Waals surface area contributed by atoms with Crippen LogP contribution >= 0.6 is 0 Å². The Labute approximate surface area is 117 Å². The average molecular weight is 299 g/mol. The molecule has 1 aliphatic heterocycles. The molecule has 1 unspecified atom stereocenters. The van der Waals surface area contributed by atoms with Crippen molar-refractivity contribution in [3.05, 3.63) is 29.2 Å². The van der Waals surface area contributed by atoms with E-state index < -0.39 is 18.3 Å². The van der Waals surface area contributed by atoms with Crippen LogP contribution in [0.3, 0.4) is 0 Å². The van der Waals surface area contributed by atoms with Crippen LogP contribution in [0.4, 0.5) is 13.2 Å². The number of alkyl halides is 3. The maximum absolute atomic E-state index is 12.8. The molecule has 0 aliphatic carbocycles. The van der Waals surface area contributed by atoms with Crippen molar-refractivity contribution < 1.29 is 18.3 Å². The zero-order valence-corrected chi connectivity index (χ0v) is 11.2. The highest BCUT2D eigenvalue weighted by Crippen LogP contribution is 2.35. The Bertz CT molecular complexity index is 751. The molecule has 2 N–H and O–H groups in total. The molecular formula is C12H12F3N5O. The van der Waals surface area contributed by atoms with E-state index in [4.69, 9.17) is 0 Å². The number of hydrogen-bond donors (Lipinski definition) is 2. The van der Waals surface area contributed by atoms with E-state index >= 15 is 0 Å². The fourth-order valence-electron chi connectivity index (χ4n) is 2.25. The molecule has 9 heteroatoms. The molecule has 0 bridgehead atoms. The highest BCUT2D eigenvalue weighted by molar-refractivity contribution is 6.02. The van der Waals surface area contributed by atoms with Crippen LogP contribution in [0.2, 0.25) is 0 Å². The largest absolute Gasteiger partial charge is 0.438 e. The molecule has 1 aliphatic rings. The minimum Gasteiger partial charge on any atom is -0.362 e. The highest BCUT2D eigenvalue weighted by atomic mass is 19.4. The van der Waals surface area contributed by atoms with Gasteiger partial charge in [-0.2, -0.15) is 23.4 Å². The van der Waals surface area contributed by atoms with E-state index in [-0.39, 0.29) is 5.71 Å². The minimum atomic E-state index is -4.81. The van der Waals surface area contributed by atoms with Crippen LogP contribution in [0, 0.1) is 13.8 Å². The van der Waals surface area contributed by atoms with Crippen LogP contribution in [0.5, 0.6) is 0 Å². The molecule has 112 valence electrons. The number of nitrogens with one attached hydrogen (secondary N) is 1. The fraction of sp³-hybridized carbons (Fsp3) is 0.417. The third-order valence-corrected chi connectivity index (χ3v) is 3.43. The van der Waals surface area contributed by atoms with Crippen LogP contribution < -0.4 is 5.43 Å². The van der Waals surface area contributed by atoms with Crippen LogP contribution in [0.1, 0.15) is 23.4 Å². The van der Waals surface area contributed by atoms with Crippen molar-refractivity contribution in [3.8, 4) is 0 Å². The summed E-state index contributed by atoms with van der Waals surface area (Å²) in [5.74, 6) is 0. The van der Waals surface area contributed by atoms with Gasteiger partial charge < -0.3 is 5.11 Å². The Morgan fingerprint density at radius 1 is 1.38 bits per heavy atom. The van der Waals surface area contributed by atoms with E-state index in [1.54, 1.807) is 25.3 Å². The zero-order chi connectivity index (χ0) is 15.4. The van der Waals surface area contributed by atoms with Gasteiger partial charge in [-0.25, -0.2) is 9.50 Å². The molecule has 0 aromatic carbocycles. The van der Waals surface area contributed by atoms with Gasteiger partial charge in [-0.3, -0.25) is 5.43 Å². The minimum absolute atomic E-state index is 0.0925. The van der Waals surface area contributed by atoms with Crippen molar-refractivity contribution in [2.45, 2.75) is 32.2 Å². The zero-order valence-electron chi connectivity index (χ0n) is 11.2. The lowest BCUT2D eigenvalue weighted by molar-refractivity contribution is -0.266. The first-order valence-electron chi connectivity index (χ1n) is 6.16. The molecule has 0 fully saturated rings. The second-order valence-electron chi connectivity index (χ2n) is 5.02. The van der Waals surface area contributed by atoms with Gasteiger partial charge >= 0.3 is 6.18 Å². The lowest BCUT2D eigenvalue weighted by atomic mass is 10.0. The molecule has 2 aromatic heterocycles. The molecular weight excluding hydrogens is 287 g/mol. The second-order valence-corrected chi connectivity index (χ2v) is 5.02. The Kier molecular flexibility index (Phi) is 2.74. The van der Waals surface area contributed by atoms with Crippen LogP contribution in [0.15, 0.2) is 17.4 Å². The number of aliphatic hydroxyl groups is 1. The van der Waals surface area contributed by atoms with E-state index in [0.29, 0.717) is 16.9 Å².